The predicted octanol–water partition coefficient (Wildman–Crippen LogP) is 25.9. The van der Waals surface area contributed by atoms with Gasteiger partial charge in [0, 0.05) is 30.6 Å². The molecule has 0 spiro atoms. The Hall–Kier alpha value is -2.48. The molecular weight excluding hydrogens is 1120 g/mol. The van der Waals surface area contributed by atoms with Crippen molar-refractivity contribution in [1.82, 2.24) is 29.1 Å². The summed E-state index contributed by atoms with van der Waals surface area (Å²) in [6.07, 6.45) is 58.4. The van der Waals surface area contributed by atoms with Gasteiger partial charge >= 0.3 is 0 Å². The Labute approximate surface area is 523 Å². The Morgan fingerprint density at radius 2 is 0.585 bits per heavy atom. The number of hydrogen-bond acceptors (Lipinski definition) is 12. The minimum atomic E-state index is 0.990. The van der Waals surface area contributed by atoms with Gasteiger partial charge in [0.2, 0.25) is 0 Å². The van der Waals surface area contributed by atoms with E-state index in [0.29, 0.717) is 0 Å². The summed E-state index contributed by atoms with van der Waals surface area (Å²) in [6, 6.07) is 5.01. The van der Waals surface area contributed by atoms with E-state index < -0.39 is 0 Å². The smallest absolute Gasteiger partial charge is 0.134 e. The van der Waals surface area contributed by atoms with E-state index in [1.54, 1.807) is 0 Å². The van der Waals surface area contributed by atoms with Crippen LogP contribution in [0.25, 0.3) is 61.1 Å². The fraction of sp³-hybridized carbons (Fsp3) is 0.714. The van der Waals surface area contributed by atoms with Gasteiger partial charge in [-0.3, -0.25) is 0 Å². The number of benzene rings is 1. The summed E-state index contributed by atoms with van der Waals surface area (Å²) in [5, 5.41) is 12.5. The number of hydrogen-bond donors (Lipinski definition) is 0. The SMILES string of the molecule is CCCCCCCCCCCCc1cc(-c2c3nnsc3c(-c3cc(CCCCCCCCCCCC)c(-c4nc(CCCCCCCCCCCC)c(C)s4)s3)c3nnsc23)sc1-c1nc(CCCCCCCCCCCC)c(C)s1. The van der Waals surface area contributed by atoms with E-state index in [1.807, 2.05) is 45.3 Å². The topological polar surface area (TPSA) is 77.3 Å². The highest BCUT2D eigenvalue weighted by atomic mass is 32.1. The lowest BCUT2D eigenvalue weighted by atomic mass is 10.0. The molecular formula is C70H108N6S6. The van der Waals surface area contributed by atoms with Gasteiger partial charge in [-0.25, -0.2) is 9.97 Å². The van der Waals surface area contributed by atoms with Crippen molar-refractivity contribution in [2.24, 2.45) is 0 Å². The summed E-state index contributed by atoms with van der Waals surface area (Å²) >= 11 is 10.7. The molecule has 7 rings (SSSR count). The van der Waals surface area contributed by atoms with E-state index in [0.717, 1.165) is 57.2 Å². The summed E-state index contributed by atoms with van der Waals surface area (Å²) in [5.41, 5.74) is 9.80. The molecule has 0 unspecified atom stereocenters. The van der Waals surface area contributed by atoms with Gasteiger partial charge in [0.15, 0.2) is 0 Å². The van der Waals surface area contributed by atoms with Crippen LogP contribution in [0.2, 0.25) is 0 Å². The maximum Gasteiger partial charge on any atom is 0.134 e. The molecule has 0 amide bonds. The monoisotopic (exact) mass is 1220 g/mol. The summed E-state index contributed by atoms with van der Waals surface area (Å²) in [7, 11) is 0. The molecule has 12 heteroatoms. The van der Waals surface area contributed by atoms with Crippen molar-refractivity contribution in [1.29, 1.82) is 0 Å². The number of aromatic nitrogens is 6. The second kappa shape index (κ2) is 39.3. The van der Waals surface area contributed by atoms with E-state index in [-0.39, 0.29) is 0 Å². The number of nitrogens with zero attached hydrogens (tertiary/aromatic N) is 6. The number of thiazole rings is 2. The van der Waals surface area contributed by atoms with Gasteiger partial charge in [-0.05, 0) is 112 Å². The van der Waals surface area contributed by atoms with Crippen molar-refractivity contribution in [3.63, 3.8) is 0 Å². The molecule has 1 aromatic carbocycles. The molecule has 454 valence electrons. The molecule has 0 aliphatic heterocycles. The first kappa shape index (κ1) is 67.0. The molecule has 0 saturated heterocycles. The van der Waals surface area contributed by atoms with E-state index in [2.05, 4.69) is 53.7 Å². The van der Waals surface area contributed by atoms with Crippen molar-refractivity contribution in [3.8, 4) is 40.7 Å². The summed E-state index contributed by atoms with van der Waals surface area (Å²) in [5.74, 6) is 0. The highest BCUT2D eigenvalue weighted by Crippen LogP contribution is 2.52. The lowest BCUT2D eigenvalue weighted by Crippen LogP contribution is -1.90. The fourth-order valence-corrected chi connectivity index (χ4v) is 18.5. The normalized spacial score (nSPS) is 12.0. The van der Waals surface area contributed by atoms with Gasteiger partial charge < -0.3 is 0 Å². The molecule has 0 radical (unpaired) electrons. The van der Waals surface area contributed by atoms with E-state index in [1.165, 1.54) is 342 Å². The first-order chi connectivity index (χ1) is 40.4. The maximum absolute atomic E-state index is 5.49. The molecule has 0 aliphatic rings. The van der Waals surface area contributed by atoms with Crippen LogP contribution in [-0.2, 0) is 25.7 Å². The van der Waals surface area contributed by atoms with Gasteiger partial charge in [-0.2, -0.15) is 0 Å². The molecule has 0 atom stereocenters. The van der Waals surface area contributed by atoms with Crippen molar-refractivity contribution < 1.29 is 0 Å². The van der Waals surface area contributed by atoms with Crippen LogP contribution >= 0.6 is 68.4 Å². The van der Waals surface area contributed by atoms with Crippen LogP contribution in [0.5, 0.6) is 0 Å². The maximum atomic E-state index is 5.49. The Kier molecular flexibility index (Phi) is 32.2. The second-order valence-electron chi connectivity index (χ2n) is 24.4. The molecule has 6 heterocycles. The Morgan fingerprint density at radius 3 is 0.878 bits per heavy atom. The molecule has 6 aromatic heterocycles. The van der Waals surface area contributed by atoms with Crippen LogP contribution in [0.1, 0.15) is 317 Å². The van der Waals surface area contributed by atoms with Crippen molar-refractivity contribution in [2.45, 2.75) is 324 Å². The lowest BCUT2D eigenvalue weighted by molar-refractivity contribution is 0.555. The molecule has 0 N–H and O–H groups in total. The molecule has 0 fully saturated rings. The molecule has 7 aromatic rings. The standard InChI is InChI=1S/C70H108N6S6/c1-7-11-15-19-23-27-31-35-39-43-47-55-51-59(79-65(55)69-71-57(53(5)77-69)49-45-41-37-33-29-25-21-17-13-9-3)61-63-68(82-75-73-63)62(64-67(61)81-76-74-64)60-52-56(48-44-40-36-32-28-24-20-16-12-8-2)66(80-60)70-72-58(54(6)78-70)50-46-42-38-34-30-26-22-18-14-10-4/h51-52H,7-50H2,1-6H3. The molecule has 0 aliphatic carbocycles. The average molecular weight is 1230 g/mol. The van der Waals surface area contributed by atoms with Crippen LogP contribution in [0, 0.1) is 13.8 Å². The van der Waals surface area contributed by atoms with Crippen LogP contribution in [0.3, 0.4) is 0 Å². The molecule has 6 nitrogen and oxygen atoms in total. The summed E-state index contributed by atoms with van der Waals surface area (Å²) in [6.45, 7) is 13.9. The summed E-state index contributed by atoms with van der Waals surface area (Å²) < 4.78 is 11.8. The Bertz CT molecular complexity index is 2570. The Morgan fingerprint density at radius 1 is 0.317 bits per heavy atom. The van der Waals surface area contributed by atoms with Gasteiger partial charge in [-0.1, -0.05) is 268 Å². The zero-order valence-electron chi connectivity index (χ0n) is 52.4. The quantitative estimate of drug-likeness (QED) is 0.0354. The lowest BCUT2D eigenvalue weighted by Gasteiger charge is -2.06. The molecule has 82 heavy (non-hydrogen) atoms. The zero-order valence-corrected chi connectivity index (χ0v) is 57.3. The number of unbranched alkanes of at least 4 members (excludes halogenated alkanes) is 36. The molecule has 0 saturated carbocycles. The van der Waals surface area contributed by atoms with E-state index in [4.69, 9.17) is 29.1 Å². The fourth-order valence-electron chi connectivity index (χ4n) is 12.2. The third-order valence-electron chi connectivity index (χ3n) is 17.3. The van der Waals surface area contributed by atoms with Crippen molar-refractivity contribution in [3.05, 3.63) is 44.4 Å². The number of thiophene rings is 2. The van der Waals surface area contributed by atoms with Gasteiger partial charge in [0.1, 0.15) is 21.0 Å². The number of aryl methyl sites for hydroxylation is 6. The highest BCUT2D eigenvalue weighted by Gasteiger charge is 2.28. The van der Waals surface area contributed by atoms with Gasteiger partial charge in [-0.15, -0.1) is 55.5 Å². The minimum absolute atomic E-state index is 0.990. The van der Waals surface area contributed by atoms with Crippen LogP contribution in [0.4, 0.5) is 0 Å². The van der Waals surface area contributed by atoms with Crippen LogP contribution in [0.15, 0.2) is 12.1 Å². The number of fused-ring (bicyclic) bond motifs is 2. The summed E-state index contributed by atoms with van der Waals surface area (Å²) in [4.78, 5) is 19.0. The van der Waals surface area contributed by atoms with Crippen LogP contribution < -0.4 is 0 Å². The van der Waals surface area contributed by atoms with Gasteiger partial charge in [0.05, 0.1) is 30.5 Å². The van der Waals surface area contributed by atoms with Crippen molar-refractivity contribution in [2.75, 3.05) is 0 Å². The average Bonchev–Trinajstić information content (AvgIpc) is 2.78. The Balaban J connectivity index is 1.12. The third kappa shape index (κ3) is 21.4. The zero-order chi connectivity index (χ0) is 57.4. The predicted molar refractivity (Wildman–Crippen MR) is 369 cm³/mol. The van der Waals surface area contributed by atoms with Crippen LogP contribution in [-0.4, -0.2) is 29.1 Å². The largest absolute Gasteiger partial charge is 0.240 e. The minimum Gasteiger partial charge on any atom is -0.240 e. The highest BCUT2D eigenvalue weighted by molar-refractivity contribution is 7.25. The van der Waals surface area contributed by atoms with E-state index >= 15 is 0 Å². The van der Waals surface area contributed by atoms with E-state index in [9.17, 15) is 0 Å². The molecule has 0 bridgehead atoms. The third-order valence-corrected chi connectivity index (χ3v) is 23.5. The van der Waals surface area contributed by atoms with Crippen molar-refractivity contribution >= 4 is 88.8 Å². The second-order valence-corrected chi connectivity index (χ2v) is 30.4. The number of rotatable bonds is 48. The van der Waals surface area contributed by atoms with Gasteiger partial charge in [0.25, 0.3) is 0 Å². The first-order valence-corrected chi connectivity index (χ1v) is 38.9. The first-order valence-electron chi connectivity index (χ1n) is 34.0.